The fraction of sp³-hybridized carbons (Fsp3) is 0.130. The monoisotopic (exact) mass is 420 g/mol. The maximum atomic E-state index is 12.0. The van der Waals surface area contributed by atoms with Crippen LogP contribution in [0.3, 0.4) is 0 Å². The number of carboxylic acids is 1. The highest BCUT2D eigenvalue weighted by Gasteiger charge is 2.25. The maximum absolute atomic E-state index is 12.0. The first-order chi connectivity index (χ1) is 14.9. The first-order valence-electron chi connectivity index (χ1n) is 9.58. The van der Waals surface area contributed by atoms with Gasteiger partial charge in [0.2, 0.25) is 0 Å². The van der Waals surface area contributed by atoms with Crippen LogP contribution in [0, 0.1) is 0 Å². The number of carbonyl (C=O) groups excluding carboxylic acids is 1. The SMILES string of the molecule is CNC(=O)c1cc2c(c(C(=O)O)c1)Nc1cc(CCc3ccc(O)c(O)c3)ccc1O2. The van der Waals surface area contributed by atoms with E-state index in [1.165, 1.54) is 31.3 Å². The molecule has 1 aliphatic heterocycles. The van der Waals surface area contributed by atoms with Gasteiger partial charge in [-0.3, -0.25) is 4.79 Å². The van der Waals surface area contributed by atoms with Crippen LogP contribution in [0.25, 0.3) is 0 Å². The number of hydrogen-bond donors (Lipinski definition) is 5. The van der Waals surface area contributed by atoms with E-state index >= 15 is 0 Å². The molecule has 1 aliphatic rings. The number of carboxylic acid groups (broad SMARTS) is 1. The molecular weight excluding hydrogens is 400 g/mol. The normalized spacial score (nSPS) is 11.5. The molecule has 0 fully saturated rings. The molecule has 3 aromatic carbocycles. The second kappa shape index (κ2) is 7.91. The second-order valence-electron chi connectivity index (χ2n) is 7.16. The number of aromatic carboxylic acids is 1. The van der Waals surface area contributed by atoms with Crippen molar-refractivity contribution in [2.45, 2.75) is 12.8 Å². The minimum absolute atomic E-state index is 0.0632. The number of amides is 1. The number of benzene rings is 3. The quantitative estimate of drug-likeness (QED) is 0.311. The van der Waals surface area contributed by atoms with E-state index in [1.807, 2.05) is 12.1 Å². The number of rotatable bonds is 5. The van der Waals surface area contributed by atoms with Crippen molar-refractivity contribution in [2.24, 2.45) is 0 Å². The zero-order valence-electron chi connectivity index (χ0n) is 16.6. The Hall–Kier alpha value is -4.20. The van der Waals surface area contributed by atoms with Crippen LogP contribution in [0.1, 0.15) is 31.8 Å². The highest BCUT2D eigenvalue weighted by Crippen LogP contribution is 2.44. The number of carbonyl (C=O) groups is 2. The van der Waals surface area contributed by atoms with Gasteiger partial charge in [-0.1, -0.05) is 12.1 Å². The average Bonchev–Trinajstić information content (AvgIpc) is 2.76. The molecule has 0 saturated heterocycles. The second-order valence-corrected chi connectivity index (χ2v) is 7.16. The molecule has 0 saturated carbocycles. The van der Waals surface area contributed by atoms with Gasteiger partial charge in [-0.25, -0.2) is 4.79 Å². The molecule has 0 radical (unpaired) electrons. The Kier molecular flexibility index (Phi) is 5.12. The molecular formula is C23H20N2O6. The van der Waals surface area contributed by atoms with Crippen LogP contribution in [0.2, 0.25) is 0 Å². The van der Waals surface area contributed by atoms with E-state index in [2.05, 4.69) is 10.6 Å². The molecule has 4 rings (SSSR count). The van der Waals surface area contributed by atoms with Gasteiger partial charge in [-0.05, 0) is 60.4 Å². The van der Waals surface area contributed by atoms with Crippen molar-refractivity contribution in [1.29, 1.82) is 0 Å². The van der Waals surface area contributed by atoms with Gasteiger partial charge < -0.3 is 30.7 Å². The van der Waals surface area contributed by atoms with Crippen LogP contribution in [-0.4, -0.2) is 34.2 Å². The molecule has 1 amide bonds. The predicted octanol–water partition coefficient (Wildman–Crippen LogP) is 3.79. The van der Waals surface area contributed by atoms with Gasteiger partial charge in [0.05, 0.1) is 16.9 Å². The third-order valence-electron chi connectivity index (χ3n) is 5.09. The summed E-state index contributed by atoms with van der Waals surface area (Å²) in [7, 11) is 1.47. The summed E-state index contributed by atoms with van der Waals surface area (Å²) in [5.41, 5.74) is 2.88. The lowest BCUT2D eigenvalue weighted by Gasteiger charge is -2.24. The third-order valence-corrected chi connectivity index (χ3v) is 5.09. The number of ether oxygens (including phenoxy) is 1. The van der Waals surface area contributed by atoms with E-state index in [9.17, 15) is 24.9 Å². The van der Waals surface area contributed by atoms with Gasteiger partial charge in [0, 0.05) is 12.6 Å². The van der Waals surface area contributed by atoms with Crippen molar-refractivity contribution >= 4 is 23.3 Å². The number of phenolic OH excluding ortho intramolecular Hbond substituents is 2. The van der Waals surface area contributed by atoms with Crippen LogP contribution in [0.5, 0.6) is 23.0 Å². The molecule has 8 heteroatoms. The summed E-state index contributed by atoms with van der Waals surface area (Å²) >= 11 is 0. The van der Waals surface area contributed by atoms with E-state index in [4.69, 9.17) is 4.74 Å². The molecule has 3 aromatic rings. The minimum Gasteiger partial charge on any atom is -0.504 e. The lowest BCUT2D eigenvalue weighted by Crippen LogP contribution is -2.19. The van der Waals surface area contributed by atoms with Crippen LogP contribution >= 0.6 is 0 Å². The van der Waals surface area contributed by atoms with Gasteiger partial charge in [-0.2, -0.15) is 0 Å². The predicted molar refractivity (Wildman–Crippen MR) is 114 cm³/mol. The van der Waals surface area contributed by atoms with Crippen LogP contribution in [0.15, 0.2) is 48.5 Å². The highest BCUT2D eigenvalue weighted by atomic mass is 16.5. The van der Waals surface area contributed by atoms with Crippen molar-refractivity contribution in [3.63, 3.8) is 0 Å². The minimum atomic E-state index is -1.18. The summed E-state index contributed by atoms with van der Waals surface area (Å²) in [5, 5.41) is 34.3. The number of fused-ring (bicyclic) bond motifs is 2. The molecule has 1 heterocycles. The highest BCUT2D eigenvalue weighted by molar-refractivity contribution is 6.03. The van der Waals surface area contributed by atoms with Crippen LogP contribution in [-0.2, 0) is 12.8 Å². The van der Waals surface area contributed by atoms with Crippen LogP contribution in [0.4, 0.5) is 11.4 Å². The number of nitrogens with one attached hydrogen (secondary N) is 2. The molecule has 8 nitrogen and oxygen atoms in total. The topological polar surface area (TPSA) is 128 Å². The standard InChI is InChI=1S/C23H20N2O6/c1-24-22(28)14-10-15(23(29)30)21-20(11-14)31-19-7-5-12(8-16(19)25-21)2-3-13-4-6-17(26)18(27)9-13/h4-11,25-27H,2-3H2,1H3,(H,24,28)(H,29,30). The summed E-state index contributed by atoms with van der Waals surface area (Å²) in [4.78, 5) is 23.7. The van der Waals surface area contributed by atoms with Crippen molar-refractivity contribution in [2.75, 3.05) is 12.4 Å². The van der Waals surface area contributed by atoms with Crippen molar-refractivity contribution in [3.8, 4) is 23.0 Å². The zero-order chi connectivity index (χ0) is 22.1. The molecule has 158 valence electrons. The van der Waals surface area contributed by atoms with Gasteiger partial charge >= 0.3 is 5.97 Å². The summed E-state index contributed by atoms with van der Waals surface area (Å²) in [6.07, 6.45) is 1.30. The summed E-state index contributed by atoms with van der Waals surface area (Å²) < 4.78 is 5.88. The van der Waals surface area contributed by atoms with Gasteiger partial charge in [0.1, 0.15) is 0 Å². The van der Waals surface area contributed by atoms with E-state index in [0.717, 1.165) is 11.1 Å². The van der Waals surface area contributed by atoms with E-state index in [-0.39, 0.29) is 34.1 Å². The Morgan fingerprint density at radius 1 is 0.935 bits per heavy atom. The fourth-order valence-corrected chi connectivity index (χ4v) is 3.45. The molecule has 0 spiro atoms. The fourth-order valence-electron chi connectivity index (χ4n) is 3.45. The average molecular weight is 420 g/mol. The molecule has 0 bridgehead atoms. The Balaban J connectivity index is 1.60. The third kappa shape index (κ3) is 3.95. The van der Waals surface area contributed by atoms with Crippen molar-refractivity contribution in [3.05, 3.63) is 70.8 Å². The number of anilines is 2. The van der Waals surface area contributed by atoms with E-state index in [1.54, 1.807) is 12.1 Å². The number of aryl methyl sites for hydroxylation is 2. The molecule has 0 aromatic heterocycles. The smallest absolute Gasteiger partial charge is 0.337 e. The molecule has 0 aliphatic carbocycles. The Morgan fingerprint density at radius 3 is 2.32 bits per heavy atom. The Bertz CT molecular complexity index is 1200. The zero-order valence-corrected chi connectivity index (χ0v) is 16.6. The molecule has 5 N–H and O–H groups in total. The number of aromatic hydroxyl groups is 2. The number of phenols is 2. The van der Waals surface area contributed by atoms with Crippen molar-refractivity contribution in [1.82, 2.24) is 5.32 Å². The summed E-state index contributed by atoms with van der Waals surface area (Å²) in [5.74, 6) is -1.12. The van der Waals surface area contributed by atoms with Gasteiger partial charge in [-0.15, -0.1) is 0 Å². The number of hydrogen-bond acceptors (Lipinski definition) is 6. The Labute approximate surface area is 177 Å². The van der Waals surface area contributed by atoms with Gasteiger partial charge in [0.25, 0.3) is 5.91 Å². The van der Waals surface area contributed by atoms with E-state index in [0.29, 0.717) is 24.3 Å². The lowest BCUT2D eigenvalue weighted by atomic mass is 10.0. The lowest BCUT2D eigenvalue weighted by molar-refractivity contribution is 0.0697. The summed E-state index contributed by atoms with van der Waals surface area (Å²) in [6, 6.07) is 13.1. The first kappa shape index (κ1) is 20.1. The molecule has 0 atom stereocenters. The Morgan fingerprint density at radius 2 is 1.65 bits per heavy atom. The van der Waals surface area contributed by atoms with E-state index < -0.39 is 11.9 Å². The van der Waals surface area contributed by atoms with Crippen LogP contribution < -0.4 is 15.4 Å². The molecule has 0 unspecified atom stereocenters. The van der Waals surface area contributed by atoms with Gasteiger partial charge in [0.15, 0.2) is 23.0 Å². The first-order valence-corrected chi connectivity index (χ1v) is 9.58. The largest absolute Gasteiger partial charge is 0.504 e. The maximum Gasteiger partial charge on any atom is 0.337 e. The summed E-state index contributed by atoms with van der Waals surface area (Å²) in [6.45, 7) is 0. The van der Waals surface area contributed by atoms with Crippen molar-refractivity contribution < 1.29 is 29.6 Å². The molecule has 31 heavy (non-hydrogen) atoms.